The summed E-state index contributed by atoms with van der Waals surface area (Å²) in [7, 11) is 0. The highest BCUT2D eigenvalue weighted by molar-refractivity contribution is 6.05. The Balaban J connectivity index is 1.22. The smallest absolute Gasteiger partial charge is 0.257 e. The lowest BCUT2D eigenvalue weighted by Crippen LogP contribution is -2.19. The first-order chi connectivity index (χ1) is 16.7. The van der Waals surface area contributed by atoms with Crippen molar-refractivity contribution in [2.45, 2.75) is 6.23 Å². The molecular weight excluding hydrogens is 430 g/mol. The van der Waals surface area contributed by atoms with Crippen molar-refractivity contribution in [3.8, 4) is 0 Å². The molecule has 1 unspecified atom stereocenters. The van der Waals surface area contributed by atoms with Crippen molar-refractivity contribution < 1.29 is 9.90 Å². The van der Waals surface area contributed by atoms with Crippen molar-refractivity contribution in [3.63, 3.8) is 0 Å². The maximum atomic E-state index is 12.7. The van der Waals surface area contributed by atoms with Gasteiger partial charge in [0, 0.05) is 53.5 Å². The molecule has 0 bridgehead atoms. The number of aliphatic imine (C=N–C) groups is 2. The molecular formula is C25H25N7O2. The molecule has 2 aliphatic rings. The molecule has 0 saturated heterocycles. The topological polar surface area (TPSA) is 123 Å². The van der Waals surface area contributed by atoms with Crippen LogP contribution in [0.3, 0.4) is 0 Å². The van der Waals surface area contributed by atoms with E-state index in [0.717, 1.165) is 54.7 Å². The number of carbonyl (C=O) groups is 1. The number of nitrogens with one attached hydrogen (secondary N) is 4. The van der Waals surface area contributed by atoms with Crippen molar-refractivity contribution in [1.29, 1.82) is 0 Å². The number of hydrogen-bond acceptors (Lipinski definition) is 8. The fraction of sp³-hybridized carbons (Fsp3) is 0.200. The van der Waals surface area contributed by atoms with Crippen molar-refractivity contribution in [2.24, 2.45) is 9.98 Å². The van der Waals surface area contributed by atoms with Crippen LogP contribution in [0.1, 0.15) is 33.3 Å². The van der Waals surface area contributed by atoms with Crippen LogP contribution in [0.2, 0.25) is 0 Å². The van der Waals surface area contributed by atoms with E-state index in [4.69, 9.17) is 0 Å². The van der Waals surface area contributed by atoms with Gasteiger partial charge in [0.15, 0.2) is 6.23 Å². The molecule has 1 amide bonds. The highest BCUT2D eigenvalue weighted by Crippen LogP contribution is 2.20. The first kappa shape index (κ1) is 21.6. The van der Waals surface area contributed by atoms with Crippen molar-refractivity contribution in [1.82, 2.24) is 15.6 Å². The zero-order chi connectivity index (χ0) is 23.3. The van der Waals surface area contributed by atoms with E-state index in [1.165, 1.54) is 12.4 Å². The normalized spacial score (nSPS) is 15.6. The van der Waals surface area contributed by atoms with Gasteiger partial charge >= 0.3 is 0 Å². The summed E-state index contributed by atoms with van der Waals surface area (Å²) in [4.78, 5) is 25.7. The number of aromatic nitrogens is 1. The van der Waals surface area contributed by atoms with Gasteiger partial charge in [-0.3, -0.25) is 19.8 Å². The van der Waals surface area contributed by atoms with E-state index in [1.807, 2.05) is 48.5 Å². The van der Waals surface area contributed by atoms with E-state index >= 15 is 0 Å². The number of amidine groups is 2. The van der Waals surface area contributed by atoms with Crippen LogP contribution in [-0.2, 0) is 0 Å². The van der Waals surface area contributed by atoms with Gasteiger partial charge in [-0.1, -0.05) is 0 Å². The molecule has 0 radical (unpaired) electrons. The number of pyridine rings is 1. The molecule has 1 aromatic heterocycles. The van der Waals surface area contributed by atoms with Gasteiger partial charge in [-0.25, -0.2) is 0 Å². The molecule has 3 aromatic rings. The van der Waals surface area contributed by atoms with Crippen LogP contribution >= 0.6 is 0 Å². The first-order valence-corrected chi connectivity index (χ1v) is 11.1. The fourth-order valence-electron chi connectivity index (χ4n) is 3.79. The Hall–Kier alpha value is -4.24. The summed E-state index contributed by atoms with van der Waals surface area (Å²) in [5.41, 5.74) is 4.22. The van der Waals surface area contributed by atoms with Gasteiger partial charge in [-0.05, 0) is 54.6 Å². The largest absolute Gasteiger partial charge is 0.369 e. The lowest BCUT2D eigenvalue weighted by molar-refractivity contribution is 0.102. The van der Waals surface area contributed by atoms with Gasteiger partial charge in [0.05, 0.1) is 18.7 Å². The van der Waals surface area contributed by atoms with Crippen molar-refractivity contribution in [3.05, 3.63) is 89.2 Å². The molecule has 34 heavy (non-hydrogen) atoms. The standard InChI is InChI=1S/C25H25N7O2/c33-24(31-20-5-1-16(2-6-20)22-27-9-10-28-22)18-13-19(15-26-14-18)25(34)32-21-7-3-17(4-8-21)23-29-11-12-30-23/h1-8,13-15,24,31,33H,9-12H2,(H,27,28)(H,29,30)(H,32,34). The Morgan fingerprint density at radius 1 is 0.853 bits per heavy atom. The third-order valence-electron chi connectivity index (χ3n) is 5.56. The Labute approximate surface area is 197 Å². The third-order valence-corrected chi connectivity index (χ3v) is 5.56. The number of rotatable bonds is 7. The molecule has 2 aromatic carbocycles. The monoisotopic (exact) mass is 455 g/mol. The summed E-state index contributed by atoms with van der Waals surface area (Å²) in [5, 5.41) is 23.0. The van der Waals surface area contributed by atoms with E-state index in [-0.39, 0.29) is 5.91 Å². The maximum Gasteiger partial charge on any atom is 0.257 e. The zero-order valence-corrected chi connectivity index (χ0v) is 18.5. The van der Waals surface area contributed by atoms with Crippen LogP contribution in [0.4, 0.5) is 11.4 Å². The fourth-order valence-corrected chi connectivity index (χ4v) is 3.79. The van der Waals surface area contributed by atoms with E-state index in [1.54, 1.807) is 6.07 Å². The molecule has 9 nitrogen and oxygen atoms in total. The van der Waals surface area contributed by atoms with Crippen LogP contribution in [0.25, 0.3) is 0 Å². The van der Waals surface area contributed by atoms with Gasteiger partial charge in [0.1, 0.15) is 11.7 Å². The average molecular weight is 456 g/mol. The van der Waals surface area contributed by atoms with Crippen LogP contribution in [0.15, 0.2) is 77.0 Å². The van der Waals surface area contributed by atoms with Crippen molar-refractivity contribution >= 4 is 29.0 Å². The Kier molecular flexibility index (Phi) is 6.17. The highest BCUT2D eigenvalue weighted by Gasteiger charge is 2.14. The summed E-state index contributed by atoms with van der Waals surface area (Å²) >= 11 is 0. The number of aliphatic hydroxyl groups is 1. The number of aliphatic hydroxyl groups excluding tert-OH is 1. The molecule has 0 fully saturated rings. The second-order valence-corrected chi connectivity index (χ2v) is 7.98. The second-order valence-electron chi connectivity index (χ2n) is 7.98. The molecule has 5 N–H and O–H groups in total. The zero-order valence-electron chi connectivity index (χ0n) is 18.5. The molecule has 0 aliphatic carbocycles. The number of benzene rings is 2. The summed E-state index contributed by atoms with van der Waals surface area (Å²) < 4.78 is 0. The van der Waals surface area contributed by atoms with E-state index in [2.05, 4.69) is 36.2 Å². The quantitative estimate of drug-likeness (QED) is 0.348. The molecule has 9 heteroatoms. The minimum atomic E-state index is -1.02. The van der Waals surface area contributed by atoms with Gasteiger partial charge in [-0.2, -0.15) is 0 Å². The number of carbonyl (C=O) groups excluding carboxylic acids is 1. The SMILES string of the molecule is O=C(Nc1ccc(C2=NCCN2)cc1)c1cncc(C(O)Nc2ccc(C3=NCCN3)cc2)c1. The summed E-state index contributed by atoms with van der Waals surface area (Å²) in [6.07, 6.45) is 1.98. The van der Waals surface area contributed by atoms with E-state index < -0.39 is 6.23 Å². The predicted octanol–water partition coefficient (Wildman–Crippen LogP) is 2.14. The van der Waals surface area contributed by atoms with Gasteiger partial charge in [-0.15, -0.1) is 0 Å². The van der Waals surface area contributed by atoms with Crippen LogP contribution in [0, 0.1) is 0 Å². The molecule has 0 spiro atoms. The van der Waals surface area contributed by atoms with E-state index in [0.29, 0.717) is 16.8 Å². The minimum absolute atomic E-state index is 0.306. The predicted molar refractivity (Wildman–Crippen MR) is 132 cm³/mol. The summed E-state index contributed by atoms with van der Waals surface area (Å²) in [6.45, 7) is 3.25. The molecule has 172 valence electrons. The molecule has 2 aliphatic heterocycles. The summed E-state index contributed by atoms with van der Waals surface area (Å²) in [5.74, 6) is 1.45. The number of hydrogen-bond donors (Lipinski definition) is 5. The molecule has 5 rings (SSSR count). The minimum Gasteiger partial charge on any atom is -0.369 e. The Morgan fingerprint density at radius 2 is 1.44 bits per heavy atom. The Morgan fingerprint density at radius 3 is 2.00 bits per heavy atom. The summed E-state index contributed by atoms with van der Waals surface area (Å²) in [6, 6.07) is 16.7. The number of nitrogens with zero attached hydrogens (tertiary/aromatic N) is 3. The number of anilines is 2. The first-order valence-electron chi connectivity index (χ1n) is 11.1. The van der Waals surface area contributed by atoms with Crippen LogP contribution in [0.5, 0.6) is 0 Å². The lowest BCUT2D eigenvalue weighted by atomic mass is 10.1. The highest BCUT2D eigenvalue weighted by atomic mass is 16.3. The van der Waals surface area contributed by atoms with Gasteiger partial charge in [0.25, 0.3) is 5.91 Å². The molecule has 3 heterocycles. The van der Waals surface area contributed by atoms with Crippen molar-refractivity contribution in [2.75, 3.05) is 36.8 Å². The maximum absolute atomic E-state index is 12.7. The van der Waals surface area contributed by atoms with E-state index in [9.17, 15) is 9.90 Å². The van der Waals surface area contributed by atoms with Gasteiger partial charge < -0.3 is 26.4 Å². The molecule has 1 atom stereocenters. The third kappa shape index (κ3) is 4.89. The Bertz CT molecular complexity index is 1240. The number of amides is 1. The average Bonchev–Trinajstić information content (AvgIpc) is 3.60. The lowest BCUT2D eigenvalue weighted by Gasteiger charge is -2.15. The molecule has 0 saturated carbocycles. The van der Waals surface area contributed by atoms with Crippen LogP contribution < -0.4 is 21.3 Å². The second kappa shape index (κ2) is 9.72. The van der Waals surface area contributed by atoms with Crippen LogP contribution in [-0.4, -0.2) is 53.8 Å². The van der Waals surface area contributed by atoms with Gasteiger partial charge in [0.2, 0.25) is 0 Å².